The average molecular weight is 287 g/mol. The minimum absolute atomic E-state index is 0.0704. The first-order chi connectivity index (χ1) is 10.1. The van der Waals surface area contributed by atoms with Crippen LogP contribution in [0.4, 0.5) is 0 Å². The average Bonchev–Trinajstić information content (AvgIpc) is 2.45. The van der Waals surface area contributed by atoms with Crippen LogP contribution in [0, 0.1) is 5.92 Å². The molecule has 6 heteroatoms. The Morgan fingerprint density at radius 1 is 1.48 bits per heavy atom. The van der Waals surface area contributed by atoms with Crippen molar-refractivity contribution in [2.24, 2.45) is 5.92 Å². The monoisotopic (exact) mass is 287 g/mol. The molecule has 110 valence electrons. The van der Waals surface area contributed by atoms with Gasteiger partial charge in [0.1, 0.15) is 11.2 Å². The van der Waals surface area contributed by atoms with Crippen molar-refractivity contribution in [1.29, 1.82) is 0 Å². The molecule has 0 aromatic carbocycles. The summed E-state index contributed by atoms with van der Waals surface area (Å²) in [7, 11) is 1.67. The van der Waals surface area contributed by atoms with Crippen LogP contribution < -0.4 is 5.56 Å². The summed E-state index contributed by atoms with van der Waals surface area (Å²) in [4.78, 5) is 30.4. The largest absolute Gasteiger partial charge is 0.393 e. The molecular formula is C15H17N3O3. The Kier molecular flexibility index (Phi) is 3.47. The first-order valence-electron chi connectivity index (χ1n) is 6.96. The molecule has 1 aliphatic rings. The minimum atomic E-state index is -0.355. The SMILES string of the molecule is CN(CC1CC(O)C1)C(=O)c1cnc2ccccn2c1=O. The predicted octanol–water partition coefficient (Wildman–Crippen LogP) is 0.537. The fraction of sp³-hybridized carbons (Fsp3) is 0.400. The van der Waals surface area contributed by atoms with Gasteiger partial charge in [0.15, 0.2) is 0 Å². The Labute approximate surface area is 121 Å². The summed E-state index contributed by atoms with van der Waals surface area (Å²) in [5, 5.41) is 9.28. The molecule has 0 atom stereocenters. The van der Waals surface area contributed by atoms with Crippen molar-refractivity contribution in [2.75, 3.05) is 13.6 Å². The van der Waals surface area contributed by atoms with E-state index in [9.17, 15) is 14.7 Å². The van der Waals surface area contributed by atoms with Crippen LogP contribution in [0.2, 0.25) is 0 Å². The lowest BCUT2D eigenvalue weighted by molar-refractivity contribution is 0.0265. The molecule has 1 amide bonds. The highest BCUT2D eigenvalue weighted by atomic mass is 16.3. The smallest absolute Gasteiger partial charge is 0.270 e. The summed E-state index contributed by atoms with van der Waals surface area (Å²) < 4.78 is 1.37. The van der Waals surface area contributed by atoms with Crippen molar-refractivity contribution in [2.45, 2.75) is 18.9 Å². The van der Waals surface area contributed by atoms with E-state index in [4.69, 9.17) is 0 Å². The number of carbonyl (C=O) groups excluding carboxylic acids is 1. The summed E-state index contributed by atoms with van der Waals surface area (Å²) in [6.07, 6.45) is 4.13. The second-order valence-corrected chi connectivity index (χ2v) is 5.58. The third-order valence-electron chi connectivity index (χ3n) is 3.93. The van der Waals surface area contributed by atoms with E-state index in [-0.39, 0.29) is 23.1 Å². The van der Waals surface area contributed by atoms with Crippen LogP contribution >= 0.6 is 0 Å². The second kappa shape index (κ2) is 5.29. The first-order valence-corrected chi connectivity index (χ1v) is 6.96. The molecule has 0 bridgehead atoms. The van der Waals surface area contributed by atoms with Crippen LogP contribution in [0.1, 0.15) is 23.2 Å². The first kappa shape index (κ1) is 13.8. The van der Waals surface area contributed by atoms with Crippen molar-refractivity contribution in [3.05, 3.63) is 46.5 Å². The summed E-state index contributed by atoms with van der Waals surface area (Å²) in [5.74, 6) is -0.0164. The number of nitrogens with zero attached hydrogens (tertiary/aromatic N) is 3. The number of hydrogen-bond acceptors (Lipinski definition) is 4. The van der Waals surface area contributed by atoms with Crippen molar-refractivity contribution < 1.29 is 9.90 Å². The molecule has 1 aliphatic carbocycles. The number of amides is 1. The van der Waals surface area contributed by atoms with Crippen LogP contribution in [-0.2, 0) is 0 Å². The summed E-state index contributed by atoms with van der Waals surface area (Å²) in [6.45, 7) is 0.548. The van der Waals surface area contributed by atoms with Gasteiger partial charge in [-0.15, -0.1) is 0 Å². The van der Waals surface area contributed by atoms with Gasteiger partial charge in [0, 0.05) is 26.0 Å². The number of aromatic nitrogens is 2. The van der Waals surface area contributed by atoms with Crippen LogP contribution in [-0.4, -0.2) is 45.0 Å². The summed E-state index contributed by atoms with van der Waals surface area (Å²) in [6, 6.07) is 5.23. The lowest BCUT2D eigenvalue weighted by Crippen LogP contribution is -2.41. The molecule has 0 spiro atoms. The maximum atomic E-state index is 12.4. The van der Waals surface area contributed by atoms with E-state index in [1.165, 1.54) is 15.5 Å². The molecule has 1 N–H and O–H groups in total. The minimum Gasteiger partial charge on any atom is -0.393 e. The molecule has 21 heavy (non-hydrogen) atoms. The lowest BCUT2D eigenvalue weighted by atomic mass is 9.82. The normalized spacial score (nSPS) is 21.0. The third kappa shape index (κ3) is 2.54. The Balaban J connectivity index is 1.84. The standard InChI is InChI=1S/C15H17N3O3/c1-17(9-10-6-11(19)7-10)14(20)12-8-16-13-4-2-3-5-18(13)15(12)21/h2-5,8,10-11,19H,6-7,9H2,1H3. The summed E-state index contributed by atoms with van der Waals surface area (Å²) in [5.41, 5.74) is 0.232. The highest BCUT2D eigenvalue weighted by Gasteiger charge is 2.29. The lowest BCUT2D eigenvalue weighted by Gasteiger charge is -2.34. The van der Waals surface area contributed by atoms with Gasteiger partial charge >= 0.3 is 0 Å². The number of fused-ring (bicyclic) bond motifs is 1. The van der Waals surface area contributed by atoms with Crippen molar-refractivity contribution in [3.63, 3.8) is 0 Å². The van der Waals surface area contributed by atoms with Crippen molar-refractivity contribution in [1.82, 2.24) is 14.3 Å². The Morgan fingerprint density at radius 3 is 2.95 bits per heavy atom. The number of aliphatic hydroxyl groups is 1. The van der Waals surface area contributed by atoms with Crippen LogP contribution in [0.5, 0.6) is 0 Å². The number of aliphatic hydroxyl groups excluding tert-OH is 1. The van der Waals surface area contributed by atoms with Crippen molar-refractivity contribution in [3.8, 4) is 0 Å². The van der Waals surface area contributed by atoms with Gasteiger partial charge in [-0.1, -0.05) is 6.07 Å². The molecule has 2 aromatic heterocycles. The van der Waals surface area contributed by atoms with Gasteiger partial charge in [0.25, 0.3) is 11.5 Å². The van der Waals surface area contributed by atoms with E-state index < -0.39 is 0 Å². The van der Waals surface area contributed by atoms with E-state index in [0.717, 1.165) is 0 Å². The zero-order valence-electron chi connectivity index (χ0n) is 11.8. The topological polar surface area (TPSA) is 74.9 Å². The molecule has 0 saturated heterocycles. The Morgan fingerprint density at radius 2 is 2.24 bits per heavy atom. The molecule has 0 aliphatic heterocycles. The molecule has 1 saturated carbocycles. The Hall–Kier alpha value is -2.21. The molecule has 0 radical (unpaired) electrons. The molecular weight excluding hydrogens is 270 g/mol. The van der Waals surface area contributed by atoms with Gasteiger partial charge in [0.2, 0.25) is 0 Å². The van der Waals surface area contributed by atoms with Crippen LogP contribution in [0.25, 0.3) is 5.65 Å². The van der Waals surface area contributed by atoms with Crippen molar-refractivity contribution >= 4 is 11.6 Å². The molecule has 6 nitrogen and oxygen atoms in total. The molecule has 1 fully saturated rings. The quantitative estimate of drug-likeness (QED) is 0.894. The zero-order chi connectivity index (χ0) is 15.0. The highest BCUT2D eigenvalue weighted by Crippen LogP contribution is 2.27. The Bertz CT molecular complexity index is 734. The number of carbonyl (C=O) groups is 1. The van der Waals surface area contributed by atoms with Gasteiger partial charge in [-0.2, -0.15) is 0 Å². The maximum Gasteiger partial charge on any atom is 0.270 e. The van der Waals surface area contributed by atoms with E-state index in [0.29, 0.717) is 31.0 Å². The van der Waals surface area contributed by atoms with Gasteiger partial charge in [-0.05, 0) is 30.9 Å². The van der Waals surface area contributed by atoms with E-state index >= 15 is 0 Å². The molecule has 0 unspecified atom stereocenters. The molecule has 2 heterocycles. The van der Waals surface area contributed by atoms with Gasteiger partial charge < -0.3 is 10.0 Å². The maximum absolute atomic E-state index is 12.4. The highest BCUT2D eigenvalue weighted by molar-refractivity contribution is 5.93. The van der Waals surface area contributed by atoms with E-state index in [1.54, 1.807) is 31.4 Å². The number of hydrogen-bond donors (Lipinski definition) is 1. The zero-order valence-corrected chi connectivity index (χ0v) is 11.8. The predicted molar refractivity (Wildman–Crippen MR) is 77.2 cm³/mol. The third-order valence-corrected chi connectivity index (χ3v) is 3.93. The van der Waals surface area contributed by atoms with E-state index in [2.05, 4.69) is 4.98 Å². The fourth-order valence-electron chi connectivity index (χ4n) is 2.70. The molecule has 2 aromatic rings. The molecule has 3 rings (SSSR count). The number of pyridine rings is 1. The number of rotatable bonds is 3. The van der Waals surface area contributed by atoms with Crippen LogP contribution in [0.15, 0.2) is 35.4 Å². The second-order valence-electron chi connectivity index (χ2n) is 5.58. The van der Waals surface area contributed by atoms with Gasteiger partial charge in [0.05, 0.1) is 6.10 Å². The van der Waals surface area contributed by atoms with Gasteiger partial charge in [-0.25, -0.2) is 4.98 Å². The van der Waals surface area contributed by atoms with Gasteiger partial charge in [-0.3, -0.25) is 14.0 Å². The summed E-state index contributed by atoms with van der Waals surface area (Å²) >= 11 is 0. The van der Waals surface area contributed by atoms with Crippen LogP contribution in [0.3, 0.4) is 0 Å². The fourth-order valence-corrected chi connectivity index (χ4v) is 2.70. The van der Waals surface area contributed by atoms with E-state index in [1.807, 2.05) is 0 Å².